The normalized spacial score (nSPS) is 39.2. The Labute approximate surface area is 92.4 Å². The van der Waals surface area contributed by atoms with Gasteiger partial charge in [-0.3, -0.25) is 5.41 Å². The number of aliphatic hydroxyl groups is 4. The molecule has 5 atom stereocenters. The second-order valence-corrected chi connectivity index (χ2v) is 3.52. The molecule has 1 fully saturated rings. The molecular weight excluding hydrogens is 218 g/mol. The summed E-state index contributed by atoms with van der Waals surface area (Å²) in [6.07, 6.45) is -6.24. The molecule has 7 N–H and O–H groups in total. The lowest BCUT2D eigenvalue weighted by molar-refractivity contribution is -0.232. The highest BCUT2D eigenvalue weighted by atomic mass is 16.6. The molecule has 1 saturated heterocycles. The highest BCUT2D eigenvalue weighted by molar-refractivity contribution is 5.76. The van der Waals surface area contributed by atoms with E-state index in [4.69, 9.17) is 15.3 Å². The van der Waals surface area contributed by atoms with Gasteiger partial charge in [-0.2, -0.15) is 0 Å². The van der Waals surface area contributed by atoms with E-state index in [1.807, 2.05) is 0 Å². The maximum absolute atomic E-state index is 9.56. The first-order chi connectivity index (χ1) is 7.51. The third kappa shape index (κ3) is 2.60. The maximum atomic E-state index is 9.56. The monoisotopic (exact) mass is 235 g/mol. The third-order valence-electron chi connectivity index (χ3n) is 2.43. The van der Waals surface area contributed by atoms with Crippen LogP contribution < -0.4 is 10.6 Å². The lowest BCUT2D eigenvalue weighted by Crippen LogP contribution is -2.64. The molecule has 0 amide bonds. The number of ether oxygens (including phenoxy) is 1. The van der Waals surface area contributed by atoms with E-state index < -0.39 is 37.3 Å². The van der Waals surface area contributed by atoms with Crippen molar-refractivity contribution in [3.8, 4) is 0 Å². The van der Waals surface area contributed by atoms with E-state index in [0.717, 1.165) is 0 Å². The molecule has 1 heterocycles. The molecule has 0 spiro atoms. The minimum absolute atomic E-state index is 0.107. The van der Waals surface area contributed by atoms with Gasteiger partial charge in [0.05, 0.1) is 6.61 Å². The number of hydrogen-bond acceptors (Lipinski definition) is 6. The molecular formula is C8H17N3O5. The molecule has 8 nitrogen and oxygen atoms in total. The predicted octanol–water partition coefficient (Wildman–Crippen LogP) is -3.47. The van der Waals surface area contributed by atoms with E-state index in [-0.39, 0.29) is 5.96 Å². The minimum atomic E-state index is -1.44. The second kappa shape index (κ2) is 5.41. The van der Waals surface area contributed by atoms with Crippen molar-refractivity contribution in [3.63, 3.8) is 0 Å². The molecule has 0 radical (unpaired) electrons. The van der Waals surface area contributed by atoms with Gasteiger partial charge in [0.2, 0.25) is 0 Å². The van der Waals surface area contributed by atoms with Crippen molar-refractivity contribution in [1.82, 2.24) is 10.6 Å². The molecule has 0 bridgehead atoms. The molecule has 94 valence electrons. The summed E-state index contributed by atoms with van der Waals surface area (Å²) in [5, 5.41) is 49.6. The van der Waals surface area contributed by atoms with Crippen molar-refractivity contribution in [2.45, 2.75) is 30.6 Å². The summed E-state index contributed by atoms with van der Waals surface area (Å²) >= 11 is 0. The molecule has 0 saturated carbocycles. The standard InChI is InChI=1S/C8H17N3O5/c1-10-8(9)11-7-6(15)5(14)4(13)3(2-12)16-7/h3-7,12-15H,2H2,1H3,(H3,9,10,11)/t3-,4-,5+,6-,7?/m1/s1. The number of guanidine groups is 1. The molecule has 0 aromatic carbocycles. The van der Waals surface area contributed by atoms with E-state index in [0.29, 0.717) is 0 Å². The summed E-state index contributed by atoms with van der Waals surface area (Å²) < 4.78 is 5.10. The Kier molecular flexibility index (Phi) is 4.44. The van der Waals surface area contributed by atoms with Gasteiger partial charge in [-0.05, 0) is 0 Å². The van der Waals surface area contributed by atoms with Crippen molar-refractivity contribution in [2.24, 2.45) is 0 Å². The van der Waals surface area contributed by atoms with Gasteiger partial charge in [-0.15, -0.1) is 0 Å². The molecule has 1 aliphatic rings. The number of rotatable bonds is 2. The molecule has 1 unspecified atom stereocenters. The average Bonchev–Trinajstić information content (AvgIpc) is 2.29. The molecule has 16 heavy (non-hydrogen) atoms. The van der Waals surface area contributed by atoms with E-state index in [9.17, 15) is 15.3 Å². The van der Waals surface area contributed by atoms with E-state index in [2.05, 4.69) is 10.6 Å². The Bertz CT molecular complexity index is 250. The van der Waals surface area contributed by atoms with Gasteiger partial charge >= 0.3 is 0 Å². The predicted molar refractivity (Wildman–Crippen MR) is 53.7 cm³/mol. The van der Waals surface area contributed by atoms with Crippen LogP contribution in [0.15, 0.2) is 0 Å². The fourth-order valence-corrected chi connectivity index (χ4v) is 1.44. The van der Waals surface area contributed by atoms with Gasteiger partial charge in [-0.1, -0.05) is 0 Å². The van der Waals surface area contributed by atoms with E-state index >= 15 is 0 Å². The van der Waals surface area contributed by atoms with E-state index in [1.165, 1.54) is 7.05 Å². The van der Waals surface area contributed by atoms with Gasteiger partial charge in [-0.25, -0.2) is 0 Å². The molecule has 8 heteroatoms. The first-order valence-corrected chi connectivity index (χ1v) is 4.84. The molecule has 1 rings (SSSR count). The van der Waals surface area contributed by atoms with Crippen molar-refractivity contribution in [3.05, 3.63) is 0 Å². The SMILES string of the molecule is CNC(=N)NC1O[C@H](CO)[C@@H](O)[C@H](O)[C@H]1O. The van der Waals surface area contributed by atoms with Gasteiger partial charge < -0.3 is 35.8 Å². The summed E-state index contributed by atoms with van der Waals surface area (Å²) in [6.45, 7) is -0.490. The van der Waals surface area contributed by atoms with Crippen molar-refractivity contribution >= 4 is 5.96 Å². The highest BCUT2D eigenvalue weighted by Gasteiger charge is 2.43. The summed E-state index contributed by atoms with van der Waals surface area (Å²) in [4.78, 5) is 0. The average molecular weight is 235 g/mol. The van der Waals surface area contributed by atoms with Crippen LogP contribution in [0.1, 0.15) is 0 Å². The van der Waals surface area contributed by atoms with Crippen molar-refractivity contribution < 1.29 is 25.2 Å². The first kappa shape index (κ1) is 13.1. The van der Waals surface area contributed by atoms with Crippen LogP contribution in [0.5, 0.6) is 0 Å². The lowest BCUT2D eigenvalue weighted by Gasteiger charge is -2.40. The number of aliphatic hydroxyl groups excluding tert-OH is 4. The lowest BCUT2D eigenvalue weighted by atomic mass is 9.98. The fourth-order valence-electron chi connectivity index (χ4n) is 1.44. The second-order valence-electron chi connectivity index (χ2n) is 3.52. The Morgan fingerprint density at radius 1 is 1.25 bits per heavy atom. The summed E-state index contributed by atoms with van der Waals surface area (Å²) in [7, 11) is 1.50. The zero-order valence-electron chi connectivity index (χ0n) is 8.79. The summed E-state index contributed by atoms with van der Waals surface area (Å²) in [6, 6.07) is 0. The van der Waals surface area contributed by atoms with Crippen LogP contribution in [-0.2, 0) is 4.74 Å². The molecule has 0 aromatic rings. The minimum Gasteiger partial charge on any atom is -0.394 e. The third-order valence-corrected chi connectivity index (χ3v) is 2.43. The van der Waals surface area contributed by atoms with Crippen LogP contribution in [0.3, 0.4) is 0 Å². The Balaban J connectivity index is 2.67. The molecule has 0 aromatic heterocycles. The van der Waals surface area contributed by atoms with E-state index in [1.54, 1.807) is 0 Å². The highest BCUT2D eigenvalue weighted by Crippen LogP contribution is 2.19. The summed E-state index contributed by atoms with van der Waals surface area (Å²) in [5.41, 5.74) is 0. The largest absolute Gasteiger partial charge is 0.394 e. The van der Waals surface area contributed by atoms with Crippen molar-refractivity contribution in [1.29, 1.82) is 5.41 Å². The van der Waals surface area contributed by atoms with Gasteiger partial charge in [0.1, 0.15) is 24.4 Å². The zero-order valence-corrected chi connectivity index (χ0v) is 8.79. The topological polar surface area (TPSA) is 138 Å². The number of hydrogen-bond donors (Lipinski definition) is 7. The number of nitrogens with one attached hydrogen (secondary N) is 3. The quantitative estimate of drug-likeness (QED) is 0.195. The molecule has 0 aliphatic carbocycles. The van der Waals surface area contributed by atoms with Crippen molar-refractivity contribution in [2.75, 3.05) is 13.7 Å². The van der Waals surface area contributed by atoms with Crippen LogP contribution in [0, 0.1) is 5.41 Å². The Morgan fingerprint density at radius 2 is 1.88 bits per heavy atom. The van der Waals surface area contributed by atoms with Crippen LogP contribution >= 0.6 is 0 Å². The smallest absolute Gasteiger partial charge is 0.190 e. The van der Waals surface area contributed by atoms with Gasteiger partial charge in [0, 0.05) is 7.05 Å². The van der Waals surface area contributed by atoms with Crippen LogP contribution in [0.2, 0.25) is 0 Å². The maximum Gasteiger partial charge on any atom is 0.190 e. The van der Waals surface area contributed by atoms with Crippen LogP contribution in [-0.4, -0.2) is 70.7 Å². The van der Waals surface area contributed by atoms with Gasteiger partial charge in [0.25, 0.3) is 0 Å². The van der Waals surface area contributed by atoms with Crippen LogP contribution in [0.4, 0.5) is 0 Å². The molecule has 1 aliphatic heterocycles. The van der Waals surface area contributed by atoms with Gasteiger partial charge in [0.15, 0.2) is 12.2 Å². The first-order valence-electron chi connectivity index (χ1n) is 4.84. The Morgan fingerprint density at radius 3 is 2.38 bits per heavy atom. The fraction of sp³-hybridized carbons (Fsp3) is 0.875. The zero-order chi connectivity index (χ0) is 12.3. The Hall–Kier alpha value is -0.930. The van der Waals surface area contributed by atoms with Crippen LogP contribution in [0.25, 0.3) is 0 Å². The summed E-state index contributed by atoms with van der Waals surface area (Å²) in [5.74, 6) is -0.107.